The van der Waals surface area contributed by atoms with Crippen LogP contribution in [0.2, 0.25) is 0 Å². The van der Waals surface area contributed by atoms with Crippen molar-refractivity contribution in [2.75, 3.05) is 26.3 Å². The standard InChI is InChI=1S/C18H20N4O2S/c1-3-21-11-14(13-5-4-6-19-16(13)21)17-20-12(2)15(25-17)18(23)22-7-9-24-10-8-22/h4-6,11H,3,7-10H2,1-2H3. The summed E-state index contributed by atoms with van der Waals surface area (Å²) < 4.78 is 7.45. The fourth-order valence-corrected chi connectivity index (χ4v) is 4.21. The van der Waals surface area contributed by atoms with E-state index in [1.165, 1.54) is 11.3 Å². The lowest BCUT2D eigenvalue weighted by molar-refractivity contribution is 0.0305. The number of carbonyl (C=O) groups excluding carboxylic acids is 1. The lowest BCUT2D eigenvalue weighted by Gasteiger charge is -2.26. The molecule has 4 rings (SSSR count). The van der Waals surface area contributed by atoms with Gasteiger partial charge in [0, 0.05) is 43.0 Å². The van der Waals surface area contributed by atoms with Crippen molar-refractivity contribution in [1.29, 1.82) is 0 Å². The average Bonchev–Trinajstić information content (AvgIpc) is 3.22. The van der Waals surface area contributed by atoms with E-state index in [0.29, 0.717) is 26.3 Å². The molecule has 1 amide bonds. The molecule has 0 N–H and O–H groups in total. The lowest BCUT2D eigenvalue weighted by atomic mass is 10.2. The van der Waals surface area contributed by atoms with Gasteiger partial charge in [-0.05, 0) is 26.0 Å². The number of pyridine rings is 1. The first kappa shape index (κ1) is 16.2. The number of ether oxygens (including phenoxy) is 1. The van der Waals surface area contributed by atoms with Gasteiger partial charge in [0.2, 0.25) is 0 Å². The Morgan fingerprint density at radius 3 is 2.92 bits per heavy atom. The van der Waals surface area contributed by atoms with Crippen molar-refractivity contribution >= 4 is 28.3 Å². The molecule has 1 aliphatic heterocycles. The molecule has 0 unspecified atom stereocenters. The van der Waals surface area contributed by atoms with Gasteiger partial charge in [0.15, 0.2) is 0 Å². The Balaban J connectivity index is 1.74. The zero-order valence-corrected chi connectivity index (χ0v) is 15.2. The average molecular weight is 356 g/mol. The molecular formula is C18H20N4O2S. The Labute approximate surface area is 150 Å². The second kappa shape index (κ2) is 6.57. The second-order valence-electron chi connectivity index (χ2n) is 6.04. The predicted octanol–water partition coefficient (Wildman–Crippen LogP) is 2.96. The molecule has 3 aromatic heterocycles. The summed E-state index contributed by atoms with van der Waals surface area (Å²) in [7, 11) is 0. The highest BCUT2D eigenvalue weighted by atomic mass is 32.1. The fraction of sp³-hybridized carbons (Fsp3) is 0.389. The highest BCUT2D eigenvalue weighted by Gasteiger charge is 2.24. The molecule has 0 aliphatic carbocycles. The van der Waals surface area contributed by atoms with Crippen LogP contribution in [0.15, 0.2) is 24.5 Å². The Morgan fingerprint density at radius 2 is 2.16 bits per heavy atom. The maximum absolute atomic E-state index is 12.8. The van der Waals surface area contributed by atoms with E-state index in [2.05, 4.69) is 28.7 Å². The first-order chi connectivity index (χ1) is 12.2. The van der Waals surface area contributed by atoms with Crippen molar-refractivity contribution in [2.24, 2.45) is 0 Å². The SMILES string of the molecule is CCn1cc(-c2nc(C)c(C(=O)N3CCOCC3)s2)c2cccnc21. The van der Waals surface area contributed by atoms with E-state index in [4.69, 9.17) is 9.72 Å². The van der Waals surface area contributed by atoms with Crippen molar-refractivity contribution in [3.8, 4) is 10.6 Å². The summed E-state index contributed by atoms with van der Waals surface area (Å²) in [6, 6.07) is 4.00. The highest BCUT2D eigenvalue weighted by molar-refractivity contribution is 7.17. The number of thiazole rings is 1. The number of hydrogen-bond donors (Lipinski definition) is 0. The number of hydrogen-bond acceptors (Lipinski definition) is 5. The quantitative estimate of drug-likeness (QED) is 0.724. The molecular weight excluding hydrogens is 336 g/mol. The molecule has 0 spiro atoms. The molecule has 7 heteroatoms. The summed E-state index contributed by atoms with van der Waals surface area (Å²) >= 11 is 1.47. The van der Waals surface area contributed by atoms with Gasteiger partial charge in [-0.15, -0.1) is 11.3 Å². The topological polar surface area (TPSA) is 60.2 Å². The zero-order valence-electron chi connectivity index (χ0n) is 14.4. The van der Waals surface area contributed by atoms with Crippen LogP contribution >= 0.6 is 11.3 Å². The molecule has 1 fully saturated rings. The van der Waals surface area contributed by atoms with E-state index in [9.17, 15) is 4.79 Å². The molecule has 0 atom stereocenters. The van der Waals surface area contributed by atoms with Crippen LogP contribution in [0.4, 0.5) is 0 Å². The zero-order chi connectivity index (χ0) is 17.4. The van der Waals surface area contributed by atoms with E-state index < -0.39 is 0 Å². The van der Waals surface area contributed by atoms with Crippen LogP contribution < -0.4 is 0 Å². The summed E-state index contributed by atoms with van der Waals surface area (Å²) in [5, 5.41) is 1.95. The third-order valence-corrected chi connectivity index (χ3v) is 5.67. The van der Waals surface area contributed by atoms with Gasteiger partial charge in [0.25, 0.3) is 5.91 Å². The summed E-state index contributed by atoms with van der Waals surface area (Å²) in [5.41, 5.74) is 2.78. The van der Waals surface area contributed by atoms with Gasteiger partial charge >= 0.3 is 0 Å². The molecule has 3 aromatic rings. The van der Waals surface area contributed by atoms with Crippen molar-refractivity contribution in [3.63, 3.8) is 0 Å². The van der Waals surface area contributed by atoms with Gasteiger partial charge in [-0.3, -0.25) is 4.79 Å². The number of aromatic nitrogens is 3. The molecule has 1 saturated heterocycles. The number of nitrogens with zero attached hydrogens (tertiary/aromatic N) is 4. The van der Waals surface area contributed by atoms with Crippen LogP contribution in [0.3, 0.4) is 0 Å². The number of rotatable bonds is 3. The van der Waals surface area contributed by atoms with Crippen molar-refractivity contribution in [3.05, 3.63) is 35.1 Å². The Bertz CT molecular complexity index is 924. The molecule has 1 aliphatic rings. The van der Waals surface area contributed by atoms with E-state index in [-0.39, 0.29) is 5.91 Å². The first-order valence-corrected chi connectivity index (χ1v) is 9.29. The summed E-state index contributed by atoms with van der Waals surface area (Å²) in [6.07, 6.45) is 3.89. The van der Waals surface area contributed by atoms with Crippen LogP contribution in [0.25, 0.3) is 21.6 Å². The van der Waals surface area contributed by atoms with Gasteiger partial charge in [-0.2, -0.15) is 0 Å². The summed E-state index contributed by atoms with van der Waals surface area (Å²) in [4.78, 5) is 24.6. The van der Waals surface area contributed by atoms with Crippen molar-refractivity contribution in [2.45, 2.75) is 20.4 Å². The van der Waals surface area contributed by atoms with Crippen LogP contribution in [-0.4, -0.2) is 51.6 Å². The van der Waals surface area contributed by atoms with Crippen LogP contribution in [-0.2, 0) is 11.3 Å². The molecule has 4 heterocycles. The van der Waals surface area contributed by atoms with Crippen LogP contribution in [0, 0.1) is 6.92 Å². The second-order valence-corrected chi connectivity index (χ2v) is 7.04. The Morgan fingerprint density at radius 1 is 1.36 bits per heavy atom. The maximum atomic E-state index is 12.8. The summed E-state index contributed by atoms with van der Waals surface area (Å²) in [5.74, 6) is 0.0573. The molecule has 0 saturated carbocycles. The van der Waals surface area contributed by atoms with Crippen LogP contribution in [0.5, 0.6) is 0 Å². The molecule has 130 valence electrons. The smallest absolute Gasteiger partial charge is 0.266 e. The first-order valence-electron chi connectivity index (χ1n) is 8.47. The molecule has 0 bridgehead atoms. The predicted molar refractivity (Wildman–Crippen MR) is 98.0 cm³/mol. The van der Waals surface area contributed by atoms with Gasteiger partial charge < -0.3 is 14.2 Å². The number of fused-ring (bicyclic) bond motifs is 1. The molecule has 25 heavy (non-hydrogen) atoms. The van der Waals surface area contributed by atoms with Gasteiger partial charge in [-0.25, -0.2) is 9.97 Å². The Kier molecular flexibility index (Phi) is 4.27. The third kappa shape index (κ3) is 2.83. The van der Waals surface area contributed by atoms with E-state index >= 15 is 0 Å². The molecule has 0 aromatic carbocycles. The number of morpholine rings is 1. The van der Waals surface area contributed by atoms with E-state index in [1.54, 1.807) is 6.20 Å². The minimum atomic E-state index is 0.0573. The summed E-state index contributed by atoms with van der Waals surface area (Å²) in [6.45, 7) is 7.34. The molecule has 0 radical (unpaired) electrons. The van der Waals surface area contributed by atoms with Crippen molar-refractivity contribution in [1.82, 2.24) is 19.4 Å². The largest absolute Gasteiger partial charge is 0.378 e. The van der Waals surface area contributed by atoms with Crippen LogP contribution in [0.1, 0.15) is 22.3 Å². The maximum Gasteiger partial charge on any atom is 0.266 e. The van der Waals surface area contributed by atoms with Gasteiger partial charge in [0.05, 0.1) is 18.9 Å². The van der Waals surface area contributed by atoms with Gasteiger partial charge in [0.1, 0.15) is 15.5 Å². The van der Waals surface area contributed by atoms with E-state index in [1.807, 2.05) is 17.9 Å². The fourth-order valence-electron chi connectivity index (χ4n) is 3.15. The number of aryl methyl sites for hydroxylation is 2. The van der Waals surface area contributed by atoms with Gasteiger partial charge in [-0.1, -0.05) is 0 Å². The highest BCUT2D eigenvalue weighted by Crippen LogP contribution is 2.34. The third-order valence-electron chi connectivity index (χ3n) is 4.49. The number of carbonyl (C=O) groups is 1. The van der Waals surface area contributed by atoms with E-state index in [0.717, 1.165) is 38.7 Å². The lowest BCUT2D eigenvalue weighted by Crippen LogP contribution is -2.40. The number of amides is 1. The normalized spacial score (nSPS) is 15.0. The Hall–Kier alpha value is -2.25. The van der Waals surface area contributed by atoms with Crippen molar-refractivity contribution < 1.29 is 9.53 Å². The molecule has 6 nitrogen and oxygen atoms in total. The monoisotopic (exact) mass is 356 g/mol. The minimum Gasteiger partial charge on any atom is -0.378 e. The minimum absolute atomic E-state index is 0.0573.